The topological polar surface area (TPSA) is 0 Å². The van der Waals surface area contributed by atoms with Crippen molar-refractivity contribution in [3.05, 3.63) is 34.9 Å². The molecule has 143 valence electrons. The molecule has 0 spiro atoms. The molecule has 0 heterocycles. The molecule has 3 rings (SSSR count). The Hall–Kier alpha value is 1.05. The summed E-state index contributed by atoms with van der Waals surface area (Å²) in [5, 5.41) is 1.69. The third-order valence-electron chi connectivity index (χ3n) is 6.96. The summed E-state index contributed by atoms with van der Waals surface area (Å²) in [6.07, 6.45) is 11.5. The van der Waals surface area contributed by atoms with Gasteiger partial charge in [-0.25, -0.2) is 0 Å². The molecule has 0 aromatic heterocycles. The third-order valence-corrected chi connectivity index (χ3v) is 20.3. The van der Waals surface area contributed by atoms with Crippen LogP contribution < -0.4 is 0 Å². The van der Waals surface area contributed by atoms with Crippen LogP contribution in [0.3, 0.4) is 0 Å². The Morgan fingerprint density at radius 2 is 1.96 bits per heavy atom. The molecule has 0 N–H and O–H groups in total. The molecule has 0 aromatic carbocycles. The fraction of sp³-hybridized carbons (Fsp3) is 0.667. The van der Waals surface area contributed by atoms with Crippen molar-refractivity contribution >= 4 is 42.3 Å². The van der Waals surface area contributed by atoms with Crippen molar-refractivity contribution in [3.63, 3.8) is 0 Å². The molecule has 26 heavy (non-hydrogen) atoms. The van der Waals surface area contributed by atoms with E-state index in [2.05, 4.69) is 52.1 Å². The Balaban J connectivity index is 2.38. The summed E-state index contributed by atoms with van der Waals surface area (Å²) in [4.78, 5) is 0. The second-order valence-electron chi connectivity index (χ2n) is 8.86. The quantitative estimate of drug-likeness (QED) is 0.235. The number of rotatable bonds is 3. The number of alkyl halides is 1. The molecule has 0 radical (unpaired) electrons. The molecule has 0 bridgehead atoms. The maximum absolute atomic E-state index is 7.12. The summed E-state index contributed by atoms with van der Waals surface area (Å²) in [6.45, 7) is 12.2. The Morgan fingerprint density at radius 3 is 2.46 bits per heavy atom. The van der Waals surface area contributed by atoms with Crippen molar-refractivity contribution in [2.75, 3.05) is 5.88 Å². The number of hydrogen-bond acceptors (Lipinski definition) is 0. The van der Waals surface area contributed by atoms with Crippen molar-refractivity contribution in [1.82, 2.24) is 0 Å². The zero-order chi connectivity index (χ0) is 19.3. The van der Waals surface area contributed by atoms with E-state index in [-0.39, 0.29) is 8.59 Å². The summed E-state index contributed by atoms with van der Waals surface area (Å²) >= 11 is 3.68. The zero-order valence-electron chi connectivity index (χ0n) is 16.6. The second kappa shape index (κ2) is 8.05. The Morgan fingerprint density at radius 1 is 1.27 bits per heavy atom. The van der Waals surface area contributed by atoms with E-state index in [0.717, 1.165) is 12.8 Å². The molecule has 0 aliphatic heterocycles. The standard InChI is InChI=1S/C21H30ClSi.2ClH.Hf/c1-14-9-8-12-16-18(17(14)13-22)20(23(4)5)21(2,3)19(16)15-10-6-7-11-15;;;/h6-7,10,14,17H,8-9,11-13H2,1-5H3;2*1H;/q;;;+2/p-2. The van der Waals surface area contributed by atoms with Crippen LogP contribution in [-0.2, 0) is 19.1 Å². The summed E-state index contributed by atoms with van der Waals surface area (Å²) in [6, 6.07) is 0. The summed E-state index contributed by atoms with van der Waals surface area (Å²) in [7, 11) is 13.6. The fourth-order valence-electron chi connectivity index (χ4n) is 5.99. The molecule has 5 heteroatoms. The first-order valence-corrected chi connectivity index (χ1v) is 23.5. The zero-order valence-corrected chi connectivity index (χ0v) is 23.4. The second-order valence-corrected chi connectivity index (χ2v) is 24.0. The van der Waals surface area contributed by atoms with Crippen LogP contribution >= 0.6 is 28.8 Å². The van der Waals surface area contributed by atoms with Gasteiger partial charge in [-0.05, 0) is 0 Å². The van der Waals surface area contributed by atoms with Gasteiger partial charge in [0, 0.05) is 0 Å². The van der Waals surface area contributed by atoms with E-state index in [4.69, 9.17) is 28.8 Å². The molecule has 0 saturated heterocycles. The van der Waals surface area contributed by atoms with Crippen LogP contribution in [0.2, 0.25) is 16.3 Å². The maximum atomic E-state index is 7.12. The minimum absolute atomic E-state index is 0.0280. The van der Waals surface area contributed by atoms with E-state index in [1.807, 2.05) is 0 Å². The molecule has 3 atom stereocenters. The first-order valence-electron chi connectivity index (χ1n) is 9.73. The number of allylic oxidation sites excluding steroid dienone is 6. The van der Waals surface area contributed by atoms with Gasteiger partial charge < -0.3 is 0 Å². The van der Waals surface area contributed by atoms with Gasteiger partial charge in [-0.3, -0.25) is 0 Å². The molecule has 0 aromatic rings. The predicted octanol–water partition coefficient (Wildman–Crippen LogP) is 7.48. The molecular formula is C21H30Cl3HfSi. The van der Waals surface area contributed by atoms with E-state index in [1.165, 1.54) is 18.4 Å². The third kappa shape index (κ3) is 3.04. The van der Waals surface area contributed by atoms with Crippen molar-refractivity contribution in [1.29, 1.82) is 0 Å². The molecule has 3 aliphatic carbocycles. The van der Waals surface area contributed by atoms with Crippen LogP contribution in [0.15, 0.2) is 34.9 Å². The molecule has 0 fully saturated rings. The monoisotopic (exact) mass is 595 g/mol. The van der Waals surface area contributed by atoms with Gasteiger partial charge in [0.1, 0.15) is 0 Å². The number of halogens is 3. The summed E-state index contributed by atoms with van der Waals surface area (Å²) in [5.41, 5.74) is 4.75. The first kappa shape index (κ1) is 21.7. The van der Waals surface area contributed by atoms with E-state index in [9.17, 15) is 0 Å². The van der Waals surface area contributed by atoms with Crippen molar-refractivity contribution in [3.8, 4) is 0 Å². The van der Waals surface area contributed by atoms with Crippen LogP contribution in [0, 0.1) is 17.3 Å². The molecule has 3 aliphatic rings. The fourth-order valence-corrected chi connectivity index (χ4v) is 22.4. The van der Waals surface area contributed by atoms with Gasteiger partial charge in [-0.2, -0.15) is 0 Å². The minimum atomic E-state index is -2.92. The van der Waals surface area contributed by atoms with Gasteiger partial charge >= 0.3 is 182 Å². The summed E-state index contributed by atoms with van der Waals surface area (Å²) in [5.74, 6) is 1.81. The average molecular weight is 595 g/mol. The van der Waals surface area contributed by atoms with E-state index >= 15 is 0 Å². The number of hydrogen-bond donors (Lipinski definition) is 0. The van der Waals surface area contributed by atoms with Gasteiger partial charge in [-0.15, -0.1) is 0 Å². The molecule has 0 saturated carbocycles. The molecule has 0 nitrogen and oxygen atoms in total. The molecule has 0 amide bonds. The van der Waals surface area contributed by atoms with Crippen LogP contribution in [0.5, 0.6) is 0 Å². The summed E-state index contributed by atoms with van der Waals surface area (Å²) < 4.78 is -0.0781. The average Bonchev–Trinajstić information content (AvgIpc) is 3.08. The van der Waals surface area contributed by atoms with Gasteiger partial charge in [0.05, 0.1) is 0 Å². The Labute approximate surface area is 181 Å². The van der Waals surface area contributed by atoms with Gasteiger partial charge in [0.15, 0.2) is 0 Å². The van der Waals surface area contributed by atoms with Gasteiger partial charge in [-0.1, -0.05) is 0 Å². The van der Waals surface area contributed by atoms with E-state index in [0.29, 0.717) is 17.7 Å². The van der Waals surface area contributed by atoms with Crippen LogP contribution in [0.1, 0.15) is 46.5 Å². The van der Waals surface area contributed by atoms with Crippen LogP contribution in [0.25, 0.3) is 0 Å². The van der Waals surface area contributed by atoms with Gasteiger partial charge in [0.25, 0.3) is 0 Å². The molecular weight excluding hydrogens is 565 g/mol. The Bertz CT molecular complexity index is 713. The van der Waals surface area contributed by atoms with E-state index < -0.39 is 27.5 Å². The van der Waals surface area contributed by atoms with Crippen LogP contribution in [0.4, 0.5) is 0 Å². The van der Waals surface area contributed by atoms with Gasteiger partial charge in [0.2, 0.25) is 0 Å². The van der Waals surface area contributed by atoms with Crippen molar-refractivity contribution in [2.45, 2.75) is 62.7 Å². The van der Waals surface area contributed by atoms with Crippen molar-refractivity contribution < 1.29 is 19.1 Å². The normalized spacial score (nSPS) is 33.2. The predicted molar refractivity (Wildman–Crippen MR) is 117 cm³/mol. The van der Waals surface area contributed by atoms with Crippen molar-refractivity contribution in [2.24, 2.45) is 17.3 Å². The SMILES string of the molecule is CC1CCCC2=C(C(=[Si](C)C)C(C)(C)[C]2(C2=CC=CC2)[Hf]([Cl])[Cl])C1CCl. The van der Waals surface area contributed by atoms with Crippen LogP contribution in [-0.4, -0.2) is 19.5 Å². The first-order chi connectivity index (χ1) is 12.2. The Kier molecular flexibility index (Phi) is 6.74. The molecule has 3 unspecified atom stereocenters. The van der Waals surface area contributed by atoms with E-state index in [1.54, 1.807) is 16.3 Å².